The van der Waals surface area contributed by atoms with Crippen LogP contribution in [-0.4, -0.2) is 15.8 Å². The molecule has 2 rings (SSSR count). The standard InChI is InChI=1S/C13H14N6O/c1-19-12(15)10(8-17-19)7-16-13(20)18-11-4-2-3-9(5-11)6-14/h2-5,8H,7,15H2,1H3,(H2,16,18,20). The van der Waals surface area contributed by atoms with Crippen LogP contribution < -0.4 is 16.4 Å². The van der Waals surface area contributed by atoms with Crippen LogP contribution in [0.5, 0.6) is 0 Å². The van der Waals surface area contributed by atoms with Crippen molar-refractivity contribution in [1.29, 1.82) is 5.26 Å². The number of aryl methyl sites for hydroxylation is 1. The Bertz CT molecular complexity index is 670. The zero-order valence-corrected chi connectivity index (χ0v) is 10.9. The molecule has 4 N–H and O–H groups in total. The molecule has 1 heterocycles. The first-order valence-electron chi connectivity index (χ1n) is 5.91. The van der Waals surface area contributed by atoms with Gasteiger partial charge in [0, 0.05) is 24.8 Å². The number of nitrogens with two attached hydrogens (primary N) is 1. The van der Waals surface area contributed by atoms with E-state index in [9.17, 15) is 4.79 Å². The summed E-state index contributed by atoms with van der Waals surface area (Å²) in [5.41, 5.74) is 7.56. The highest BCUT2D eigenvalue weighted by Gasteiger charge is 2.07. The number of amides is 2. The molecule has 7 nitrogen and oxygen atoms in total. The molecule has 7 heteroatoms. The third-order valence-electron chi connectivity index (χ3n) is 2.75. The molecule has 2 amide bonds. The maximum atomic E-state index is 11.7. The number of urea groups is 1. The van der Waals surface area contributed by atoms with Gasteiger partial charge in [0.1, 0.15) is 5.82 Å². The number of nitrogens with one attached hydrogen (secondary N) is 2. The Morgan fingerprint density at radius 1 is 1.55 bits per heavy atom. The minimum Gasteiger partial charge on any atom is -0.384 e. The number of anilines is 2. The van der Waals surface area contributed by atoms with Crippen LogP contribution in [0.15, 0.2) is 30.5 Å². The van der Waals surface area contributed by atoms with Crippen molar-refractivity contribution < 1.29 is 4.79 Å². The summed E-state index contributed by atoms with van der Waals surface area (Å²) < 4.78 is 1.53. The third-order valence-corrected chi connectivity index (χ3v) is 2.75. The number of nitrogen functional groups attached to an aromatic ring is 1. The van der Waals surface area contributed by atoms with Gasteiger partial charge in [0.25, 0.3) is 0 Å². The van der Waals surface area contributed by atoms with E-state index >= 15 is 0 Å². The molecule has 0 fully saturated rings. The minimum atomic E-state index is -0.372. The third kappa shape index (κ3) is 3.05. The number of rotatable bonds is 3. The van der Waals surface area contributed by atoms with Crippen LogP contribution in [0.3, 0.4) is 0 Å². The average Bonchev–Trinajstić information content (AvgIpc) is 2.77. The van der Waals surface area contributed by atoms with E-state index in [1.165, 1.54) is 4.68 Å². The van der Waals surface area contributed by atoms with Crippen molar-refractivity contribution in [3.8, 4) is 6.07 Å². The van der Waals surface area contributed by atoms with Gasteiger partial charge in [-0.3, -0.25) is 4.68 Å². The molecule has 102 valence electrons. The van der Waals surface area contributed by atoms with Gasteiger partial charge in [0.2, 0.25) is 0 Å². The Kier molecular flexibility index (Phi) is 3.86. The molecule has 0 saturated heterocycles. The molecule has 20 heavy (non-hydrogen) atoms. The molecule has 0 unspecified atom stereocenters. The van der Waals surface area contributed by atoms with E-state index in [0.717, 1.165) is 5.56 Å². The van der Waals surface area contributed by atoms with Crippen molar-refractivity contribution in [1.82, 2.24) is 15.1 Å². The highest BCUT2D eigenvalue weighted by molar-refractivity contribution is 5.89. The first-order valence-corrected chi connectivity index (χ1v) is 5.91. The van der Waals surface area contributed by atoms with Crippen molar-refractivity contribution >= 4 is 17.5 Å². The van der Waals surface area contributed by atoms with Gasteiger partial charge in [-0.25, -0.2) is 4.79 Å². The lowest BCUT2D eigenvalue weighted by Crippen LogP contribution is -2.28. The van der Waals surface area contributed by atoms with Crippen LogP contribution in [0, 0.1) is 11.3 Å². The fourth-order valence-corrected chi connectivity index (χ4v) is 1.65. The maximum absolute atomic E-state index is 11.7. The van der Waals surface area contributed by atoms with E-state index in [-0.39, 0.29) is 12.6 Å². The molecule has 0 aliphatic heterocycles. The summed E-state index contributed by atoms with van der Waals surface area (Å²) in [5.74, 6) is 0.511. The average molecular weight is 270 g/mol. The predicted octanol–water partition coefficient (Wildman–Crippen LogP) is 1.20. The zero-order chi connectivity index (χ0) is 14.5. The van der Waals surface area contributed by atoms with Gasteiger partial charge in [-0.15, -0.1) is 0 Å². The van der Waals surface area contributed by atoms with Crippen LogP contribution >= 0.6 is 0 Å². The summed E-state index contributed by atoms with van der Waals surface area (Å²) in [6.07, 6.45) is 1.60. The van der Waals surface area contributed by atoms with Crippen molar-refractivity contribution in [2.45, 2.75) is 6.54 Å². The van der Waals surface area contributed by atoms with E-state index in [4.69, 9.17) is 11.0 Å². The van der Waals surface area contributed by atoms with Crippen LogP contribution in [0.1, 0.15) is 11.1 Å². The molecule has 1 aromatic carbocycles. The van der Waals surface area contributed by atoms with E-state index < -0.39 is 0 Å². The lowest BCUT2D eigenvalue weighted by Gasteiger charge is -2.07. The molecule has 0 aliphatic carbocycles. The van der Waals surface area contributed by atoms with E-state index in [0.29, 0.717) is 17.1 Å². The second-order valence-corrected chi connectivity index (χ2v) is 4.18. The molecule has 0 bridgehead atoms. The fraction of sp³-hybridized carbons (Fsp3) is 0.154. The number of carbonyl (C=O) groups excluding carboxylic acids is 1. The number of carbonyl (C=O) groups is 1. The molecule has 0 atom stereocenters. The van der Waals surface area contributed by atoms with Crippen molar-refractivity contribution in [3.05, 3.63) is 41.6 Å². The Balaban J connectivity index is 1.93. The van der Waals surface area contributed by atoms with Crippen molar-refractivity contribution in [2.24, 2.45) is 7.05 Å². The highest BCUT2D eigenvalue weighted by Crippen LogP contribution is 2.10. The van der Waals surface area contributed by atoms with Crippen LogP contribution in [0.25, 0.3) is 0 Å². The van der Waals surface area contributed by atoms with Crippen molar-refractivity contribution in [3.63, 3.8) is 0 Å². The number of nitrogens with zero attached hydrogens (tertiary/aromatic N) is 3. The lowest BCUT2D eigenvalue weighted by molar-refractivity contribution is 0.252. The predicted molar refractivity (Wildman–Crippen MR) is 74.6 cm³/mol. The molecule has 0 saturated carbocycles. The van der Waals surface area contributed by atoms with Gasteiger partial charge in [-0.2, -0.15) is 10.4 Å². The largest absolute Gasteiger partial charge is 0.384 e. The SMILES string of the molecule is Cn1ncc(CNC(=O)Nc2cccc(C#N)c2)c1N. The maximum Gasteiger partial charge on any atom is 0.319 e. The molecule has 0 spiro atoms. The van der Waals surface area contributed by atoms with Gasteiger partial charge in [0.15, 0.2) is 0 Å². The number of nitriles is 1. The Morgan fingerprint density at radius 2 is 2.35 bits per heavy atom. The Hall–Kier alpha value is -3.01. The molecule has 2 aromatic rings. The number of benzene rings is 1. The Labute approximate surface area is 116 Å². The second kappa shape index (κ2) is 5.75. The summed E-state index contributed by atoms with van der Waals surface area (Å²) in [4.78, 5) is 11.7. The monoisotopic (exact) mass is 270 g/mol. The van der Waals surface area contributed by atoms with E-state index in [1.807, 2.05) is 6.07 Å². The first kappa shape index (κ1) is 13.4. The van der Waals surface area contributed by atoms with E-state index in [2.05, 4.69) is 15.7 Å². The van der Waals surface area contributed by atoms with Crippen LogP contribution in [0.4, 0.5) is 16.3 Å². The molecule has 0 radical (unpaired) electrons. The molecule has 1 aromatic heterocycles. The number of hydrogen-bond acceptors (Lipinski definition) is 4. The lowest BCUT2D eigenvalue weighted by atomic mass is 10.2. The quantitative estimate of drug-likeness (QED) is 0.778. The van der Waals surface area contributed by atoms with Gasteiger partial charge < -0.3 is 16.4 Å². The van der Waals surface area contributed by atoms with E-state index in [1.54, 1.807) is 37.5 Å². The number of hydrogen-bond donors (Lipinski definition) is 3. The van der Waals surface area contributed by atoms with Crippen molar-refractivity contribution in [2.75, 3.05) is 11.1 Å². The smallest absolute Gasteiger partial charge is 0.319 e. The van der Waals surface area contributed by atoms with Gasteiger partial charge in [-0.1, -0.05) is 6.07 Å². The zero-order valence-electron chi connectivity index (χ0n) is 10.9. The molecule has 0 aliphatic rings. The molecular weight excluding hydrogens is 256 g/mol. The van der Waals surface area contributed by atoms with Crippen LogP contribution in [0.2, 0.25) is 0 Å². The summed E-state index contributed by atoms with van der Waals surface area (Å²) >= 11 is 0. The normalized spacial score (nSPS) is 9.80. The van der Waals surface area contributed by atoms with Crippen LogP contribution in [-0.2, 0) is 13.6 Å². The van der Waals surface area contributed by atoms with Gasteiger partial charge in [-0.05, 0) is 18.2 Å². The highest BCUT2D eigenvalue weighted by atomic mass is 16.2. The van der Waals surface area contributed by atoms with Gasteiger partial charge in [0.05, 0.1) is 17.8 Å². The topological polar surface area (TPSA) is 109 Å². The Morgan fingerprint density at radius 3 is 3.00 bits per heavy atom. The second-order valence-electron chi connectivity index (χ2n) is 4.18. The minimum absolute atomic E-state index is 0.281. The summed E-state index contributed by atoms with van der Waals surface area (Å²) in [6.45, 7) is 0.281. The summed E-state index contributed by atoms with van der Waals surface area (Å²) in [7, 11) is 1.73. The number of aromatic nitrogens is 2. The summed E-state index contributed by atoms with van der Waals surface area (Å²) in [6, 6.07) is 8.31. The van der Waals surface area contributed by atoms with Gasteiger partial charge >= 0.3 is 6.03 Å². The fourth-order valence-electron chi connectivity index (χ4n) is 1.65. The first-order chi connectivity index (χ1) is 9.60. The summed E-state index contributed by atoms with van der Waals surface area (Å²) in [5, 5.41) is 18.1. The molecular formula is C13H14N6O.